The van der Waals surface area contributed by atoms with Crippen LogP contribution in [-0.4, -0.2) is 59.6 Å². The second-order valence-electron chi connectivity index (χ2n) is 4.71. The lowest BCUT2D eigenvalue weighted by Crippen LogP contribution is -2.62. The summed E-state index contributed by atoms with van der Waals surface area (Å²) in [6.07, 6.45) is -8.06. The molecule has 0 radical (unpaired) electrons. The fourth-order valence-corrected chi connectivity index (χ4v) is 2.13. The number of rotatable bonds is 5. The second-order valence-corrected chi connectivity index (χ2v) is 4.71. The number of esters is 3. The van der Waals surface area contributed by atoms with Crippen LogP contribution >= 0.6 is 0 Å². The van der Waals surface area contributed by atoms with Gasteiger partial charge in [-0.25, -0.2) is 4.79 Å². The summed E-state index contributed by atoms with van der Waals surface area (Å²) in [4.78, 5) is 47.7. The highest BCUT2D eigenvalue weighted by Crippen LogP contribution is 2.29. The van der Waals surface area contributed by atoms with Crippen LogP contribution in [0.3, 0.4) is 0 Å². The second kappa shape index (κ2) is 8.13. The van der Waals surface area contributed by atoms with Crippen molar-refractivity contribution in [3.63, 3.8) is 0 Å². The minimum atomic E-state index is -1.81. The molecule has 0 amide bonds. The number of azide groups is 1. The van der Waals surface area contributed by atoms with Crippen molar-refractivity contribution in [3.8, 4) is 0 Å². The molecule has 0 aromatic carbocycles. The molecule has 1 aliphatic rings. The Hall–Kier alpha value is -2.85. The van der Waals surface area contributed by atoms with E-state index in [0.29, 0.717) is 0 Å². The van der Waals surface area contributed by atoms with Crippen LogP contribution in [0.5, 0.6) is 0 Å². The van der Waals surface area contributed by atoms with Gasteiger partial charge in [-0.1, -0.05) is 5.11 Å². The van der Waals surface area contributed by atoms with Crippen molar-refractivity contribution in [2.75, 3.05) is 0 Å². The van der Waals surface area contributed by atoms with Gasteiger partial charge in [0.2, 0.25) is 0 Å². The van der Waals surface area contributed by atoms with Gasteiger partial charge in [-0.3, -0.25) is 14.4 Å². The molecule has 132 valence electrons. The zero-order chi connectivity index (χ0) is 18.4. The minimum Gasteiger partial charge on any atom is -0.479 e. The van der Waals surface area contributed by atoms with Crippen molar-refractivity contribution in [2.45, 2.75) is 51.4 Å². The van der Waals surface area contributed by atoms with E-state index in [9.17, 15) is 24.3 Å². The molecule has 0 aromatic heterocycles. The summed E-state index contributed by atoms with van der Waals surface area (Å²) in [6.45, 7) is 3.05. The summed E-state index contributed by atoms with van der Waals surface area (Å²) in [7, 11) is 0. The first-order chi connectivity index (χ1) is 11.2. The van der Waals surface area contributed by atoms with Crippen LogP contribution < -0.4 is 0 Å². The molecule has 1 rings (SSSR count). The van der Waals surface area contributed by atoms with E-state index < -0.39 is 54.5 Å². The fraction of sp³-hybridized carbons (Fsp3) is 0.667. The molecule has 24 heavy (non-hydrogen) atoms. The molecule has 12 nitrogen and oxygen atoms in total. The Bertz CT molecular complexity index is 558. The maximum Gasteiger partial charge on any atom is 0.336 e. The van der Waals surface area contributed by atoms with E-state index in [2.05, 4.69) is 10.0 Å². The maximum atomic E-state index is 11.4. The van der Waals surface area contributed by atoms with Crippen molar-refractivity contribution in [2.24, 2.45) is 5.11 Å². The molecule has 0 aliphatic carbocycles. The molecular formula is C12H15N3O9. The molecule has 0 bridgehead atoms. The monoisotopic (exact) mass is 345 g/mol. The number of aliphatic carboxylic acids is 1. The number of hydrogen-bond donors (Lipinski definition) is 1. The maximum absolute atomic E-state index is 11.4. The predicted octanol–water partition coefficient (Wildman–Crippen LogP) is -0.0987. The largest absolute Gasteiger partial charge is 0.479 e. The van der Waals surface area contributed by atoms with Crippen molar-refractivity contribution < 1.29 is 43.2 Å². The smallest absolute Gasteiger partial charge is 0.336 e. The molecule has 1 fully saturated rings. The van der Waals surface area contributed by atoms with E-state index in [-0.39, 0.29) is 0 Å². The lowest BCUT2D eigenvalue weighted by Gasteiger charge is -2.41. The lowest BCUT2D eigenvalue weighted by molar-refractivity contribution is -0.246. The summed E-state index contributed by atoms with van der Waals surface area (Å²) in [5.41, 5.74) is 8.57. The predicted molar refractivity (Wildman–Crippen MR) is 72.1 cm³/mol. The van der Waals surface area contributed by atoms with Crippen LogP contribution in [0, 0.1) is 0 Å². The van der Waals surface area contributed by atoms with Gasteiger partial charge in [0.15, 0.2) is 30.6 Å². The highest BCUT2D eigenvalue weighted by Gasteiger charge is 2.54. The van der Waals surface area contributed by atoms with Crippen LogP contribution in [-0.2, 0) is 38.1 Å². The molecule has 0 unspecified atom stereocenters. The number of carbonyl (C=O) groups excluding carboxylic acids is 3. The van der Waals surface area contributed by atoms with Gasteiger partial charge in [-0.2, -0.15) is 0 Å². The van der Waals surface area contributed by atoms with Crippen molar-refractivity contribution >= 4 is 23.9 Å². The van der Waals surface area contributed by atoms with Crippen LogP contribution in [0.2, 0.25) is 0 Å². The Kier molecular flexibility index (Phi) is 6.50. The molecule has 0 saturated carbocycles. The van der Waals surface area contributed by atoms with Crippen LogP contribution in [0.4, 0.5) is 0 Å². The normalized spacial score (nSPS) is 28.9. The third kappa shape index (κ3) is 4.83. The van der Waals surface area contributed by atoms with Crippen molar-refractivity contribution in [1.29, 1.82) is 0 Å². The van der Waals surface area contributed by atoms with Gasteiger partial charge in [0.1, 0.15) is 0 Å². The number of carboxylic acids is 1. The molecule has 0 aromatic rings. The Balaban J connectivity index is 3.35. The summed E-state index contributed by atoms with van der Waals surface area (Å²) in [5.74, 6) is -4.14. The molecular weight excluding hydrogens is 330 g/mol. The summed E-state index contributed by atoms with van der Waals surface area (Å²) >= 11 is 0. The van der Waals surface area contributed by atoms with Gasteiger partial charge in [-0.05, 0) is 5.53 Å². The van der Waals surface area contributed by atoms with Gasteiger partial charge in [0.25, 0.3) is 0 Å². The Labute approximate surface area is 135 Å². The van der Waals surface area contributed by atoms with Gasteiger partial charge in [0.05, 0.1) is 0 Å². The molecule has 1 saturated heterocycles. The zero-order valence-electron chi connectivity index (χ0n) is 12.9. The Morgan fingerprint density at radius 1 is 0.958 bits per heavy atom. The lowest BCUT2D eigenvalue weighted by atomic mass is 9.97. The molecule has 0 spiro atoms. The van der Waals surface area contributed by atoms with E-state index in [4.69, 9.17) is 24.5 Å². The van der Waals surface area contributed by atoms with E-state index in [1.54, 1.807) is 0 Å². The molecule has 1 N–H and O–H groups in total. The first kappa shape index (κ1) is 19.2. The number of nitrogens with zero attached hydrogens (tertiary/aromatic N) is 3. The average Bonchev–Trinajstić information content (AvgIpc) is 2.43. The number of ether oxygens (including phenoxy) is 4. The zero-order valence-corrected chi connectivity index (χ0v) is 12.9. The number of hydrogen-bond acceptors (Lipinski definition) is 9. The van der Waals surface area contributed by atoms with Gasteiger partial charge < -0.3 is 24.1 Å². The average molecular weight is 345 g/mol. The third-order valence-corrected chi connectivity index (χ3v) is 2.83. The Morgan fingerprint density at radius 3 is 1.83 bits per heavy atom. The standard InChI is InChI=1S/C12H15N3O9/c1-4(16)21-7-8(22-5(2)17)10(12(19)20)24-11(14-15-13)9(7)23-6(3)18/h7-11H,1-3H3,(H,19,20)/t7-,8+,9+,10-,11+/m0/s1. The molecule has 1 heterocycles. The SMILES string of the molecule is CC(=O)O[C@@H]1[C@@H](OC(C)=O)[C@H](N=[N+]=[N-])O[C@H](C(=O)O)[C@@H]1OC(C)=O. The van der Waals surface area contributed by atoms with Crippen molar-refractivity contribution in [3.05, 3.63) is 10.4 Å². The minimum absolute atomic E-state index is 0.839. The van der Waals surface area contributed by atoms with E-state index in [0.717, 1.165) is 20.8 Å². The quantitative estimate of drug-likeness (QED) is 0.234. The first-order valence-electron chi connectivity index (χ1n) is 6.61. The van der Waals surface area contributed by atoms with Crippen LogP contribution in [0.25, 0.3) is 10.4 Å². The fourth-order valence-electron chi connectivity index (χ4n) is 2.13. The van der Waals surface area contributed by atoms with E-state index in [1.807, 2.05) is 0 Å². The number of carbonyl (C=O) groups is 4. The molecule has 12 heteroatoms. The summed E-state index contributed by atoms with van der Waals surface area (Å²) < 4.78 is 19.8. The third-order valence-electron chi connectivity index (χ3n) is 2.83. The number of carboxylic acid groups (broad SMARTS) is 1. The first-order valence-corrected chi connectivity index (χ1v) is 6.61. The highest BCUT2D eigenvalue weighted by atomic mass is 16.7. The van der Waals surface area contributed by atoms with Crippen LogP contribution in [0.15, 0.2) is 5.11 Å². The summed E-state index contributed by atoms with van der Waals surface area (Å²) in [6, 6.07) is 0. The Morgan fingerprint density at radius 2 is 1.42 bits per heavy atom. The molecule has 5 atom stereocenters. The highest BCUT2D eigenvalue weighted by molar-refractivity contribution is 5.75. The van der Waals surface area contributed by atoms with Gasteiger partial charge in [0, 0.05) is 25.7 Å². The van der Waals surface area contributed by atoms with Crippen molar-refractivity contribution in [1.82, 2.24) is 0 Å². The van der Waals surface area contributed by atoms with E-state index in [1.165, 1.54) is 0 Å². The topological polar surface area (TPSA) is 174 Å². The van der Waals surface area contributed by atoms with Gasteiger partial charge in [-0.15, -0.1) is 0 Å². The van der Waals surface area contributed by atoms with Crippen LogP contribution in [0.1, 0.15) is 20.8 Å². The molecule has 1 aliphatic heterocycles. The van der Waals surface area contributed by atoms with Gasteiger partial charge >= 0.3 is 23.9 Å². The van der Waals surface area contributed by atoms with E-state index >= 15 is 0 Å². The summed E-state index contributed by atoms with van der Waals surface area (Å²) in [5, 5.41) is 12.4.